The number of aromatic nitrogens is 4. The van der Waals surface area contributed by atoms with E-state index in [-0.39, 0.29) is 0 Å². The first-order valence-electron chi connectivity index (χ1n) is 3.21. The van der Waals surface area contributed by atoms with E-state index >= 15 is 0 Å². The minimum absolute atomic E-state index is 0.350. The van der Waals surface area contributed by atoms with Crippen molar-refractivity contribution in [2.24, 2.45) is 5.84 Å². The molecule has 2 heterocycles. The molecule has 0 atom stereocenters. The van der Waals surface area contributed by atoms with Crippen LogP contribution < -0.4 is 11.3 Å². The van der Waals surface area contributed by atoms with Crippen LogP contribution in [-0.2, 0) is 0 Å². The van der Waals surface area contributed by atoms with Gasteiger partial charge in [-0.25, -0.2) is 10.8 Å². The van der Waals surface area contributed by atoms with Crippen LogP contribution in [-0.4, -0.2) is 19.9 Å². The van der Waals surface area contributed by atoms with Gasteiger partial charge in [-0.1, -0.05) is 0 Å². The normalized spacial score (nSPS) is 10.4. The third-order valence-corrected chi connectivity index (χ3v) is 1.65. The smallest absolute Gasteiger partial charge is 0.200 e. The van der Waals surface area contributed by atoms with Crippen LogP contribution in [0.5, 0.6) is 0 Å². The van der Waals surface area contributed by atoms with Crippen molar-refractivity contribution in [1.29, 1.82) is 0 Å². The molecule has 0 fully saturated rings. The zero-order valence-corrected chi connectivity index (χ0v) is 6.77. The lowest BCUT2D eigenvalue weighted by molar-refractivity contribution is 1.14. The summed E-state index contributed by atoms with van der Waals surface area (Å²) in [5, 5.41) is 0. The lowest BCUT2D eigenvalue weighted by Crippen LogP contribution is -2.09. The van der Waals surface area contributed by atoms with Crippen molar-refractivity contribution in [2.75, 3.05) is 5.43 Å². The maximum atomic E-state index is 5.24. The van der Waals surface area contributed by atoms with E-state index in [1.165, 1.54) is 6.33 Å². The molecule has 2 aromatic heterocycles. The summed E-state index contributed by atoms with van der Waals surface area (Å²) in [5.41, 5.74) is 3.73. The molecular formula is C5H6N6S. The molecule has 6 nitrogen and oxygen atoms in total. The highest BCUT2D eigenvalue weighted by atomic mass is 32.1. The van der Waals surface area contributed by atoms with Crippen LogP contribution in [0.4, 0.5) is 5.82 Å². The summed E-state index contributed by atoms with van der Waals surface area (Å²) in [6, 6.07) is 0. The van der Waals surface area contributed by atoms with Crippen molar-refractivity contribution in [3.63, 3.8) is 0 Å². The first kappa shape index (κ1) is 7.19. The summed E-state index contributed by atoms with van der Waals surface area (Å²) in [6.07, 6.45) is 1.53. The van der Waals surface area contributed by atoms with E-state index in [1.807, 2.05) is 0 Å². The Morgan fingerprint density at radius 1 is 1.58 bits per heavy atom. The van der Waals surface area contributed by atoms with Gasteiger partial charge in [-0.05, 0) is 12.2 Å². The first-order valence-corrected chi connectivity index (χ1v) is 3.62. The standard InChI is InChI=1S/C5H6N6S/c6-11-4-2-3(8-1-7-2)9-5(12)10-4/h1H,6H2,(H3,7,8,9,10,11,12). The molecule has 2 aromatic rings. The minimum Gasteiger partial charge on any atom is -0.340 e. The maximum absolute atomic E-state index is 5.24. The summed E-state index contributed by atoms with van der Waals surface area (Å²) >= 11 is 4.84. The summed E-state index contributed by atoms with van der Waals surface area (Å²) in [5.74, 6) is 5.83. The molecule has 7 heteroatoms. The molecule has 0 bridgehead atoms. The van der Waals surface area contributed by atoms with Crippen molar-refractivity contribution in [2.45, 2.75) is 0 Å². The molecule has 0 aliphatic heterocycles. The highest BCUT2D eigenvalue weighted by Gasteiger charge is 2.02. The van der Waals surface area contributed by atoms with Gasteiger partial charge in [0.1, 0.15) is 11.3 Å². The van der Waals surface area contributed by atoms with E-state index in [2.05, 4.69) is 25.4 Å². The van der Waals surface area contributed by atoms with Crippen LogP contribution >= 0.6 is 12.2 Å². The van der Waals surface area contributed by atoms with Crippen molar-refractivity contribution in [3.05, 3.63) is 11.1 Å². The van der Waals surface area contributed by atoms with Crippen LogP contribution in [0.25, 0.3) is 11.2 Å². The van der Waals surface area contributed by atoms with Gasteiger partial charge < -0.3 is 15.4 Å². The van der Waals surface area contributed by atoms with Gasteiger partial charge in [-0.2, -0.15) is 4.98 Å². The zero-order chi connectivity index (χ0) is 8.55. The lowest BCUT2D eigenvalue weighted by Gasteiger charge is -1.99. The van der Waals surface area contributed by atoms with Crippen molar-refractivity contribution >= 4 is 29.2 Å². The number of anilines is 1. The number of imidazole rings is 1. The summed E-state index contributed by atoms with van der Waals surface area (Å²) in [4.78, 5) is 13.6. The number of nitrogens with one attached hydrogen (secondary N) is 3. The number of nitrogen functional groups attached to an aromatic ring is 1. The number of fused-ring (bicyclic) bond motifs is 1. The van der Waals surface area contributed by atoms with E-state index in [0.29, 0.717) is 21.8 Å². The van der Waals surface area contributed by atoms with Gasteiger partial charge >= 0.3 is 0 Å². The van der Waals surface area contributed by atoms with Crippen LogP contribution in [0, 0.1) is 4.77 Å². The number of rotatable bonds is 1. The molecule has 0 unspecified atom stereocenters. The van der Waals surface area contributed by atoms with E-state index in [9.17, 15) is 0 Å². The minimum atomic E-state index is 0.350. The van der Waals surface area contributed by atoms with E-state index < -0.39 is 0 Å². The highest BCUT2D eigenvalue weighted by Crippen LogP contribution is 2.12. The zero-order valence-electron chi connectivity index (χ0n) is 5.96. The monoisotopic (exact) mass is 182 g/mol. The SMILES string of the molecule is NNc1[nH]c(=S)nc2nc[nH]c12. The van der Waals surface area contributed by atoms with Gasteiger partial charge in [-0.15, -0.1) is 0 Å². The lowest BCUT2D eigenvalue weighted by atomic mass is 10.5. The first-order chi connectivity index (χ1) is 5.81. The Morgan fingerprint density at radius 2 is 2.42 bits per heavy atom. The molecule has 0 saturated carbocycles. The van der Waals surface area contributed by atoms with Crippen LogP contribution in [0.1, 0.15) is 0 Å². The second kappa shape index (κ2) is 2.54. The molecule has 0 aliphatic rings. The molecule has 2 rings (SSSR count). The molecule has 5 N–H and O–H groups in total. The molecule has 0 aliphatic carbocycles. The molecular weight excluding hydrogens is 176 g/mol. The molecule has 12 heavy (non-hydrogen) atoms. The van der Waals surface area contributed by atoms with Crippen LogP contribution in [0.2, 0.25) is 0 Å². The van der Waals surface area contributed by atoms with Crippen molar-refractivity contribution in [1.82, 2.24) is 19.9 Å². The third-order valence-electron chi connectivity index (χ3n) is 1.45. The third kappa shape index (κ3) is 0.953. The fraction of sp³-hybridized carbons (Fsp3) is 0. The number of H-pyrrole nitrogens is 2. The number of hydrogen-bond donors (Lipinski definition) is 4. The maximum Gasteiger partial charge on any atom is 0.200 e. The van der Waals surface area contributed by atoms with Crippen molar-refractivity contribution < 1.29 is 0 Å². The average molecular weight is 182 g/mol. The topological polar surface area (TPSA) is 95.4 Å². The van der Waals surface area contributed by atoms with E-state index in [1.54, 1.807) is 0 Å². The van der Waals surface area contributed by atoms with Gasteiger partial charge in [0.25, 0.3) is 0 Å². The Kier molecular flexibility index (Phi) is 1.52. The highest BCUT2D eigenvalue weighted by molar-refractivity contribution is 7.71. The van der Waals surface area contributed by atoms with Gasteiger partial charge in [0, 0.05) is 0 Å². The molecule has 0 amide bonds. The van der Waals surface area contributed by atoms with Crippen LogP contribution in [0.15, 0.2) is 6.33 Å². The Balaban J connectivity index is 2.89. The van der Waals surface area contributed by atoms with Gasteiger partial charge in [-0.3, -0.25) is 0 Å². The number of hydrogen-bond acceptors (Lipinski definition) is 5. The second-order valence-electron chi connectivity index (χ2n) is 2.16. The molecule has 62 valence electrons. The number of nitrogens with two attached hydrogens (primary N) is 1. The molecule has 0 spiro atoms. The summed E-state index contributed by atoms with van der Waals surface area (Å²) in [6.45, 7) is 0. The largest absolute Gasteiger partial charge is 0.340 e. The number of nitrogens with zero attached hydrogens (tertiary/aromatic N) is 2. The van der Waals surface area contributed by atoms with E-state index in [4.69, 9.17) is 18.1 Å². The second-order valence-corrected chi connectivity index (χ2v) is 2.55. The molecule has 0 radical (unpaired) electrons. The number of hydrazine groups is 1. The Bertz CT molecular complexity index is 456. The Hall–Kier alpha value is -1.47. The van der Waals surface area contributed by atoms with E-state index in [0.717, 1.165) is 0 Å². The van der Waals surface area contributed by atoms with Gasteiger partial charge in [0.05, 0.1) is 6.33 Å². The Labute approximate surface area is 72.2 Å². The predicted molar refractivity (Wildman–Crippen MR) is 46.9 cm³/mol. The van der Waals surface area contributed by atoms with Crippen LogP contribution in [0.3, 0.4) is 0 Å². The fourth-order valence-electron chi connectivity index (χ4n) is 0.958. The quantitative estimate of drug-likeness (QED) is 0.289. The van der Waals surface area contributed by atoms with Gasteiger partial charge in [0.15, 0.2) is 5.65 Å². The van der Waals surface area contributed by atoms with Crippen molar-refractivity contribution in [3.8, 4) is 0 Å². The summed E-state index contributed by atoms with van der Waals surface area (Å²) in [7, 11) is 0. The molecule has 0 aromatic carbocycles. The molecule has 0 saturated heterocycles. The van der Waals surface area contributed by atoms with Gasteiger partial charge in [0.2, 0.25) is 4.77 Å². The summed E-state index contributed by atoms with van der Waals surface area (Å²) < 4.78 is 0.350. The Morgan fingerprint density at radius 3 is 3.17 bits per heavy atom. The number of aromatic amines is 2. The predicted octanol–water partition coefficient (Wildman–Crippen LogP) is 0.301. The average Bonchev–Trinajstić information content (AvgIpc) is 2.50. The fourth-order valence-corrected chi connectivity index (χ4v) is 1.15.